The van der Waals surface area contributed by atoms with Crippen molar-refractivity contribution in [3.63, 3.8) is 0 Å². The van der Waals surface area contributed by atoms with Crippen LogP contribution in [-0.4, -0.2) is 40.7 Å². The van der Waals surface area contributed by atoms with Gasteiger partial charge >= 0.3 is 5.97 Å². The van der Waals surface area contributed by atoms with Gasteiger partial charge in [-0.25, -0.2) is 8.78 Å². The normalized spacial score (nSPS) is 15.1. The Bertz CT molecular complexity index is 1360. The summed E-state index contributed by atoms with van der Waals surface area (Å²) in [6.45, 7) is 6.51. The van der Waals surface area contributed by atoms with Gasteiger partial charge in [0.25, 0.3) is 0 Å². The summed E-state index contributed by atoms with van der Waals surface area (Å²) in [4.78, 5) is 19.0. The van der Waals surface area contributed by atoms with Crippen LogP contribution in [-0.2, 0) is 37.0 Å². The molecule has 0 fully saturated rings. The summed E-state index contributed by atoms with van der Waals surface area (Å²) in [5, 5.41) is 9.72. The van der Waals surface area contributed by atoms with Gasteiger partial charge in [-0.1, -0.05) is 18.2 Å². The number of aromatic nitrogens is 1. The molecule has 3 heterocycles. The number of hydrogen-bond donors (Lipinski definition) is 1. The number of halogens is 2. The summed E-state index contributed by atoms with van der Waals surface area (Å²) >= 11 is 0. The second kappa shape index (κ2) is 10.6. The Morgan fingerprint density at radius 1 is 1.14 bits per heavy atom. The Kier molecular flexibility index (Phi) is 7.24. The van der Waals surface area contributed by atoms with Crippen molar-refractivity contribution in [1.82, 2.24) is 9.88 Å². The van der Waals surface area contributed by atoms with Crippen molar-refractivity contribution in [3.05, 3.63) is 81.2 Å². The smallest absolute Gasteiger partial charge is 0.307 e. The Balaban J connectivity index is 1.52. The lowest BCUT2D eigenvalue weighted by atomic mass is 9.84. The maximum Gasteiger partial charge on any atom is 0.307 e. The molecular formula is C30H32F2N2O3. The first-order chi connectivity index (χ1) is 17.8. The molecule has 1 N–H and O–H groups in total. The number of benzene rings is 2. The zero-order valence-electron chi connectivity index (χ0n) is 21.4. The highest BCUT2D eigenvalue weighted by Crippen LogP contribution is 2.42. The van der Waals surface area contributed by atoms with Gasteiger partial charge in [-0.05, 0) is 91.6 Å². The third-order valence-corrected chi connectivity index (χ3v) is 7.65. The summed E-state index contributed by atoms with van der Waals surface area (Å²) in [5.41, 5.74) is 7.27. The number of fused-ring (bicyclic) bond motifs is 2. The summed E-state index contributed by atoms with van der Waals surface area (Å²) in [6, 6.07) is 8.37. The maximum atomic E-state index is 15.3. The number of carbonyl (C=O) groups is 1. The van der Waals surface area contributed by atoms with E-state index in [9.17, 15) is 14.3 Å². The molecular weight excluding hydrogens is 474 g/mol. The second-order valence-electron chi connectivity index (χ2n) is 10.1. The van der Waals surface area contributed by atoms with Crippen LogP contribution in [0.4, 0.5) is 8.78 Å². The number of nitrogens with zero attached hydrogens (tertiary/aromatic N) is 2. The van der Waals surface area contributed by atoms with Crippen LogP contribution in [0.15, 0.2) is 30.3 Å². The Labute approximate surface area is 216 Å². The fraction of sp³-hybridized carbons (Fsp3) is 0.400. The van der Waals surface area contributed by atoms with E-state index in [1.54, 1.807) is 6.07 Å². The highest BCUT2D eigenvalue weighted by molar-refractivity contribution is 5.82. The van der Waals surface area contributed by atoms with Gasteiger partial charge in [0.15, 0.2) is 11.6 Å². The standard InChI is InChI=1S/C30H32F2N2O3/c1-18-21-9-6-14-37-30(21)26(32)15-22(18)29-23(16-28(35)36)19(2)33-27-11-13-34(17-24(27)29)12-5-8-20-7-3-4-10-25(20)31/h3-4,7,10,15H,5-6,8-9,11-14,16-17H2,1-2H3,(H,35,36). The van der Waals surface area contributed by atoms with E-state index in [4.69, 9.17) is 9.72 Å². The number of carboxylic acids is 1. The van der Waals surface area contributed by atoms with Gasteiger partial charge in [-0.3, -0.25) is 14.7 Å². The zero-order chi connectivity index (χ0) is 26.1. The molecule has 2 aliphatic rings. The van der Waals surface area contributed by atoms with Crippen molar-refractivity contribution in [2.45, 2.75) is 58.9 Å². The molecule has 0 amide bonds. The largest absolute Gasteiger partial charge is 0.490 e. The first kappa shape index (κ1) is 25.3. The molecule has 5 nitrogen and oxygen atoms in total. The Morgan fingerprint density at radius 2 is 1.95 bits per heavy atom. The molecule has 3 aromatic rings. The first-order valence-corrected chi connectivity index (χ1v) is 13.0. The van der Waals surface area contributed by atoms with Crippen LogP contribution in [0.3, 0.4) is 0 Å². The number of aryl methyl sites for hydroxylation is 2. The monoisotopic (exact) mass is 506 g/mol. The molecule has 194 valence electrons. The van der Waals surface area contributed by atoms with E-state index in [1.807, 2.05) is 26.0 Å². The number of pyridine rings is 1. The molecule has 2 aromatic carbocycles. The van der Waals surface area contributed by atoms with Gasteiger partial charge < -0.3 is 9.84 Å². The Hall–Kier alpha value is -3.32. The summed E-state index contributed by atoms with van der Waals surface area (Å²) < 4.78 is 35.0. The second-order valence-corrected chi connectivity index (χ2v) is 10.1. The van der Waals surface area contributed by atoms with E-state index < -0.39 is 11.8 Å². The lowest BCUT2D eigenvalue weighted by molar-refractivity contribution is -0.136. The molecule has 7 heteroatoms. The molecule has 0 radical (unpaired) electrons. The van der Waals surface area contributed by atoms with Crippen LogP contribution in [0.5, 0.6) is 5.75 Å². The maximum absolute atomic E-state index is 15.3. The topological polar surface area (TPSA) is 62.7 Å². The fourth-order valence-corrected chi connectivity index (χ4v) is 5.78. The highest BCUT2D eigenvalue weighted by atomic mass is 19.1. The summed E-state index contributed by atoms with van der Waals surface area (Å²) in [5.74, 6) is -1.21. The average molecular weight is 507 g/mol. The van der Waals surface area contributed by atoms with E-state index in [1.165, 1.54) is 12.1 Å². The third kappa shape index (κ3) is 5.10. The minimum Gasteiger partial charge on any atom is -0.490 e. The van der Waals surface area contributed by atoms with Gasteiger partial charge in [0.1, 0.15) is 5.82 Å². The van der Waals surface area contributed by atoms with Crippen LogP contribution < -0.4 is 4.74 Å². The van der Waals surface area contributed by atoms with E-state index >= 15 is 4.39 Å². The molecule has 0 saturated heterocycles. The predicted molar refractivity (Wildman–Crippen MR) is 138 cm³/mol. The molecule has 0 spiro atoms. The van der Waals surface area contributed by atoms with Crippen molar-refractivity contribution in [2.24, 2.45) is 0 Å². The molecule has 2 aliphatic heterocycles. The molecule has 0 unspecified atom stereocenters. The lowest BCUT2D eigenvalue weighted by Gasteiger charge is -2.32. The van der Waals surface area contributed by atoms with Gasteiger partial charge in [0.2, 0.25) is 0 Å². The van der Waals surface area contributed by atoms with Crippen LogP contribution in [0.2, 0.25) is 0 Å². The van der Waals surface area contributed by atoms with Crippen molar-refractivity contribution in [3.8, 4) is 16.9 Å². The molecule has 0 aliphatic carbocycles. The van der Waals surface area contributed by atoms with Crippen LogP contribution in [0, 0.1) is 25.5 Å². The van der Waals surface area contributed by atoms with Gasteiger partial charge in [-0.2, -0.15) is 0 Å². The third-order valence-electron chi connectivity index (χ3n) is 7.65. The number of hydrogen-bond acceptors (Lipinski definition) is 4. The average Bonchev–Trinajstić information content (AvgIpc) is 2.88. The van der Waals surface area contributed by atoms with Crippen molar-refractivity contribution in [2.75, 3.05) is 19.7 Å². The molecule has 0 atom stereocenters. The van der Waals surface area contributed by atoms with Gasteiger partial charge in [0, 0.05) is 36.5 Å². The quantitative estimate of drug-likeness (QED) is 0.453. The zero-order valence-corrected chi connectivity index (χ0v) is 21.4. The molecule has 37 heavy (non-hydrogen) atoms. The predicted octanol–water partition coefficient (Wildman–Crippen LogP) is 5.59. The van der Waals surface area contributed by atoms with Crippen molar-refractivity contribution < 1.29 is 23.4 Å². The van der Waals surface area contributed by atoms with Crippen LogP contribution in [0.25, 0.3) is 11.1 Å². The summed E-state index contributed by atoms with van der Waals surface area (Å²) in [6.07, 6.45) is 3.55. The van der Waals surface area contributed by atoms with E-state index in [0.717, 1.165) is 72.3 Å². The Morgan fingerprint density at radius 3 is 2.73 bits per heavy atom. The van der Waals surface area contributed by atoms with E-state index in [0.29, 0.717) is 42.1 Å². The molecule has 0 bridgehead atoms. The summed E-state index contributed by atoms with van der Waals surface area (Å²) in [7, 11) is 0. The SMILES string of the molecule is Cc1nc2c(c(-c3cc(F)c4c(c3C)CCCO4)c1CC(=O)O)CN(CCCc1ccccc1F)CC2. The van der Waals surface area contributed by atoms with Gasteiger partial charge in [-0.15, -0.1) is 0 Å². The minimum atomic E-state index is -0.942. The van der Waals surface area contributed by atoms with Crippen LogP contribution in [0.1, 0.15) is 52.0 Å². The molecule has 5 rings (SSSR count). The highest BCUT2D eigenvalue weighted by Gasteiger charge is 2.29. The van der Waals surface area contributed by atoms with Crippen molar-refractivity contribution >= 4 is 5.97 Å². The van der Waals surface area contributed by atoms with Crippen molar-refractivity contribution in [1.29, 1.82) is 0 Å². The number of carboxylic acid groups (broad SMARTS) is 1. The lowest BCUT2D eigenvalue weighted by Crippen LogP contribution is -2.33. The first-order valence-electron chi connectivity index (χ1n) is 13.0. The number of rotatable bonds is 7. The minimum absolute atomic E-state index is 0.177. The number of aliphatic carboxylic acids is 1. The molecule has 0 saturated carbocycles. The van der Waals surface area contributed by atoms with E-state index in [-0.39, 0.29) is 12.2 Å². The molecule has 1 aromatic heterocycles. The number of ether oxygens (including phenoxy) is 1. The van der Waals surface area contributed by atoms with E-state index in [2.05, 4.69) is 4.90 Å². The fourth-order valence-electron chi connectivity index (χ4n) is 5.78. The van der Waals surface area contributed by atoms with Crippen LogP contribution >= 0.6 is 0 Å². The van der Waals surface area contributed by atoms with Gasteiger partial charge in [0.05, 0.1) is 13.0 Å².